The van der Waals surface area contributed by atoms with Gasteiger partial charge in [-0.3, -0.25) is 0 Å². The maximum atomic E-state index is 4.46. The highest BCUT2D eigenvalue weighted by molar-refractivity contribution is 5.03. The van der Waals surface area contributed by atoms with Crippen LogP contribution in [-0.4, -0.2) is 28.3 Å². The van der Waals surface area contributed by atoms with Gasteiger partial charge in [-0.2, -0.15) is 5.10 Å². The third-order valence-corrected chi connectivity index (χ3v) is 2.41. The second-order valence-electron chi connectivity index (χ2n) is 3.35. The van der Waals surface area contributed by atoms with Gasteiger partial charge in [0.1, 0.15) is 0 Å². The van der Waals surface area contributed by atoms with Crippen LogP contribution in [0.4, 0.5) is 0 Å². The van der Waals surface area contributed by atoms with Crippen molar-refractivity contribution in [1.82, 2.24) is 20.5 Å². The molecule has 0 spiro atoms. The Morgan fingerprint density at radius 3 is 3.23 bits per heavy atom. The molecule has 70 valence electrons. The summed E-state index contributed by atoms with van der Waals surface area (Å²) in [6.07, 6.45) is 3.81. The van der Waals surface area contributed by atoms with Crippen molar-refractivity contribution in [1.29, 1.82) is 0 Å². The van der Waals surface area contributed by atoms with Gasteiger partial charge in [-0.15, -0.1) is 5.10 Å². The highest BCUT2D eigenvalue weighted by Crippen LogP contribution is 2.17. The van der Waals surface area contributed by atoms with Gasteiger partial charge in [0, 0.05) is 12.5 Å². The summed E-state index contributed by atoms with van der Waals surface area (Å²) in [7, 11) is 0. The summed E-state index contributed by atoms with van der Waals surface area (Å²) in [6.45, 7) is 4.15. The minimum atomic E-state index is 0.471. The van der Waals surface area contributed by atoms with E-state index in [1.54, 1.807) is 6.20 Å². The lowest BCUT2D eigenvalue weighted by Gasteiger charge is -2.05. The normalized spacial score (nSPS) is 22.1. The van der Waals surface area contributed by atoms with Crippen molar-refractivity contribution < 1.29 is 0 Å². The van der Waals surface area contributed by atoms with Crippen LogP contribution in [0.1, 0.15) is 30.8 Å². The molecule has 0 bridgehead atoms. The molecule has 0 saturated carbocycles. The average molecular weight is 178 g/mol. The van der Waals surface area contributed by atoms with Crippen molar-refractivity contribution in [2.75, 3.05) is 13.1 Å². The Morgan fingerprint density at radius 2 is 2.54 bits per heavy atom. The van der Waals surface area contributed by atoms with E-state index in [0.29, 0.717) is 5.92 Å². The molecule has 4 nitrogen and oxygen atoms in total. The molecule has 1 unspecified atom stereocenters. The van der Waals surface area contributed by atoms with Gasteiger partial charge in [0.05, 0.1) is 11.9 Å². The lowest BCUT2D eigenvalue weighted by atomic mass is 10.1. The highest BCUT2D eigenvalue weighted by Gasteiger charge is 2.19. The molecule has 2 heterocycles. The van der Waals surface area contributed by atoms with Gasteiger partial charge in [-0.25, -0.2) is 4.98 Å². The Kier molecular flexibility index (Phi) is 2.49. The second-order valence-corrected chi connectivity index (χ2v) is 3.35. The van der Waals surface area contributed by atoms with E-state index in [1.165, 1.54) is 0 Å². The molecule has 1 saturated heterocycles. The van der Waals surface area contributed by atoms with E-state index in [-0.39, 0.29) is 0 Å². The average Bonchev–Trinajstić information content (AvgIpc) is 2.71. The Morgan fingerprint density at radius 1 is 1.62 bits per heavy atom. The number of hydrogen-bond acceptors (Lipinski definition) is 4. The molecule has 0 aliphatic carbocycles. The first-order valence-electron chi connectivity index (χ1n) is 4.79. The topological polar surface area (TPSA) is 50.7 Å². The summed E-state index contributed by atoms with van der Waals surface area (Å²) in [4.78, 5) is 4.46. The van der Waals surface area contributed by atoms with Crippen LogP contribution in [0.5, 0.6) is 0 Å². The number of rotatable bonds is 2. The minimum Gasteiger partial charge on any atom is -0.316 e. The molecule has 1 aliphatic heterocycles. The molecule has 1 aliphatic rings. The van der Waals surface area contributed by atoms with Crippen molar-refractivity contribution in [3.8, 4) is 0 Å². The molecule has 4 heteroatoms. The van der Waals surface area contributed by atoms with Crippen LogP contribution in [0.25, 0.3) is 0 Å². The molecular weight excluding hydrogens is 164 g/mol. The zero-order chi connectivity index (χ0) is 9.10. The standard InChI is InChI=1S/C9H14N4/c1-2-8-6-11-13-9(12-8)7-3-4-10-5-7/h6-7,10H,2-5H2,1H3. The zero-order valence-electron chi connectivity index (χ0n) is 7.82. The van der Waals surface area contributed by atoms with Crippen molar-refractivity contribution in [2.45, 2.75) is 25.7 Å². The molecule has 0 aromatic carbocycles. The van der Waals surface area contributed by atoms with Crippen LogP contribution in [0.15, 0.2) is 6.20 Å². The molecule has 1 aromatic rings. The van der Waals surface area contributed by atoms with Gasteiger partial charge >= 0.3 is 0 Å². The largest absolute Gasteiger partial charge is 0.316 e. The molecule has 1 N–H and O–H groups in total. The van der Waals surface area contributed by atoms with E-state index >= 15 is 0 Å². The van der Waals surface area contributed by atoms with Gasteiger partial charge in [0.2, 0.25) is 0 Å². The fraction of sp³-hybridized carbons (Fsp3) is 0.667. The molecule has 1 atom stereocenters. The van der Waals surface area contributed by atoms with Crippen LogP contribution in [0.3, 0.4) is 0 Å². The predicted molar refractivity (Wildman–Crippen MR) is 49.4 cm³/mol. The van der Waals surface area contributed by atoms with E-state index in [9.17, 15) is 0 Å². The van der Waals surface area contributed by atoms with E-state index < -0.39 is 0 Å². The first-order valence-corrected chi connectivity index (χ1v) is 4.79. The smallest absolute Gasteiger partial charge is 0.155 e. The van der Waals surface area contributed by atoms with Gasteiger partial charge in [-0.1, -0.05) is 6.92 Å². The van der Waals surface area contributed by atoms with E-state index in [2.05, 4.69) is 27.4 Å². The highest BCUT2D eigenvalue weighted by atomic mass is 15.2. The summed E-state index contributed by atoms with van der Waals surface area (Å²) in [6, 6.07) is 0. The van der Waals surface area contributed by atoms with Crippen molar-refractivity contribution >= 4 is 0 Å². The number of aromatic nitrogens is 3. The summed E-state index contributed by atoms with van der Waals surface area (Å²) in [5.41, 5.74) is 1.04. The summed E-state index contributed by atoms with van der Waals surface area (Å²) < 4.78 is 0. The number of nitrogens with zero attached hydrogens (tertiary/aromatic N) is 3. The zero-order valence-corrected chi connectivity index (χ0v) is 7.82. The third kappa shape index (κ3) is 1.83. The van der Waals surface area contributed by atoms with Crippen LogP contribution < -0.4 is 5.32 Å². The molecule has 1 aromatic heterocycles. The fourth-order valence-corrected chi connectivity index (χ4v) is 1.57. The molecule has 0 amide bonds. The van der Waals surface area contributed by atoms with Gasteiger partial charge in [-0.05, 0) is 19.4 Å². The first kappa shape index (κ1) is 8.56. The summed E-state index contributed by atoms with van der Waals surface area (Å²) in [5.74, 6) is 1.38. The summed E-state index contributed by atoms with van der Waals surface area (Å²) in [5, 5.41) is 11.3. The van der Waals surface area contributed by atoms with Crippen molar-refractivity contribution in [2.24, 2.45) is 0 Å². The number of nitrogens with one attached hydrogen (secondary N) is 1. The maximum Gasteiger partial charge on any atom is 0.155 e. The Bertz CT molecular complexity index is 281. The fourth-order valence-electron chi connectivity index (χ4n) is 1.57. The van der Waals surface area contributed by atoms with Crippen LogP contribution in [0, 0.1) is 0 Å². The Labute approximate surface area is 77.8 Å². The van der Waals surface area contributed by atoms with Crippen molar-refractivity contribution in [3.05, 3.63) is 17.7 Å². The SMILES string of the molecule is CCc1cnnc(C2CCNC2)n1. The van der Waals surface area contributed by atoms with E-state index in [0.717, 1.165) is 37.4 Å². The van der Waals surface area contributed by atoms with Crippen LogP contribution in [0.2, 0.25) is 0 Å². The maximum absolute atomic E-state index is 4.46. The number of hydrogen-bond donors (Lipinski definition) is 1. The van der Waals surface area contributed by atoms with E-state index in [1.807, 2.05) is 0 Å². The minimum absolute atomic E-state index is 0.471. The van der Waals surface area contributed by atoms with Gasteiger partial charge < -0.3 is 5.32 Å². The molecule has 2 rings (SSSR count). The van der Waals surface area contributed by atoms with Crippen LogP contribution >= 0.6 is 0 Å². The first-order chi connectivity index (χ1) is 6.40. The predicted octanol–water partition coefficient (Wildman–Crippen LogP) is 0.511. The van der Waals surface area contributed by atoms with Gasteiger partial charge in [0.25, 0.3) is 0 Å². The lowest BCUT2D eigenvalue weighted by molar-refractivity contribution is 0.666. The lowest BCUT2D eigenvalue weighted by Crippen LogP contribution is -2.11. The molecule has 13 heavy (non-hydrogen) atoms. The van der Waals surface area contributed by atoms with Gasteiger partial charge in [0.15, 0.2) is 5.82 Å². The Balaban J connectivity index is 2.18. The van der Waals surface area contributed by atoms with E-state index in [4.69, 9.17) is 0 Å². The third-order valence-electron chi connectivity index (χ3n) is 2.41. The molecule has 1 fully saturated rings. The second kappa shape index (κ2) is 3.79. The quantitative estimate of drug-likeness (QED) is 0.717. The molecular formula is C9H14N4. The molecule has 0 radical (unpaired) electrons. The number of aryl methyl sites for hydroxylation is 1. The summed E-state index contributed by atoms with van der Waals surface area (Å²) >= 11 is 0. The van der Waals surface area contributed by atoms with Crippen molar-refractivity contribution in [3.63, 3.8) is 0 Å². The van der Waals surface area contributed by atoms with Crippen LogP contribution in [-0.2, 0) is 6.42 Å². The Hall–Kier alpha value is -1.03. The monoisotopic (exact) mass is 178 g/mol.